The van der Waals surface area contributed by atoms with E-state index in [1.54, 1.807) is 0 Å². The Balaban J connectivity index is 3.49. The lowest BCUT2D eigenvalue weighted by Gasteiger charge is -2.08. The van der Waals surface area contributed by atoms with Gasteiger partial charge in [0.05, 0.1) is 0 Å². The molecule has 0 heterocycles. The van der Waals surface area contributed by atoms with Crippen LogP contribution in [0, 0.1) is 5.92 Å². The van der Waals surface area contributed by atoms with Gasteiger partial charge in [-0.2, -0.15) is 0 Å². The van der Waals surface area contributed by atoms with Crippen molar-refractivity contribution in [3.63, 3.8) is 0 Å². The lowest BCUT2D eigenvalue weighted by atomic mass is 10.1. The number of hydrogen-bond donors (Lipinski definition) is 1. The molecule has 0 rings (SSSR count). The summed E-state index contributed by atoms with van der Waals surface area (Å²) in [5, 5.41) is 2.79. The lowest BCUT2D eigenvalue weighted by Crippen LogP contribution is -2.28. The van der Waals surface area contributed by atoms with Gasteiger partial charge in [0.25, 0.3) is 0 Å². The van der Waals surface area contributed by atoms with Crippen LogP contribution in [0.25, 0.3) is 0 Å². The summed E-state index contributed by atoms with van der Waals surface area (Å²) in [7, 11) is 0. The third kappa shape index (κ3) is 3.49. The van der Waals surface area contributed by atoms with Crippen molar-refractivity contribution in [1.29, 1.82) is 0 Å². The lowest BCUT2D eigenvalue weighted by molar-refractivity contribution is -0.124. The Morgan fingerprint density at radius 3 is 2.50 bits per heavy atom. The van der Waals surface area contributed by atoms with Crippen molar-refractivity contribution in [2.45, 2.75) is 33.6 Å². The predicted octanol–water partition coefficient (Wildman–Crippen LogP) is 1.56. The van der Waals surface area contributed by atoms with Crippen LogP contribution in [-0.4, -0.2) is 12.5 Å². The Hall–Kier alpha value is -0.530. The second-order valence-corrected chi connectivity index (χ2v) is 2.58. The molecule has 0 aliphatic heterocycles. The molecule has 0 radical (unpaired) electrons. The molecule has 1 N–H and O–H groups in total. The van der Waals surface area contributed by atoms with Crippen molar-refractivity contribution in [1.82, 2.24) is 5.32 Å². The smallest absolute Gasteiger partial charge is 0.222 e. The van der Waals surface area contributed by atoms with E-state index in [-0.39, 0.29) is 11.8 Å². The highest BCUT2D eigenvalue weighted by Gasteiger charge is 2.08. The van der Waals surface area contributed by atoms with E-state index in [1.165, 1.54) is 0 Å². The summed E-state index contributed by atoms with van der Waals surface area (Å²) in [5.74, 6) is 0.370. The van der Waals surface area contributed by atoms with E-state index in [2.05, 4.69) is 12.2 Å². The molecule has 0 saturated carbocycles. The first-order valence-corrected chi connectivity index (χ1v) is 4.00. The van der Waals surface area contributed by atoms with Gasteiger partial charge in [-0.05, 0) is 13.3 Å². The highest BCUT2D eigenvalue weighted by atomic mass is 16.1. The van der Waals surface area contributed by atoms with E-state index in [9.17, 15) is 4.79 Å². The topological polar surface area (TPSA) is 29.1 Å². The second-order valence-electron chi connectivity index (χ2n) is 2.58. The molecule has 1 atom stereocenters. The second kappa shape index (κ2) is 5.27. The highest BCUT2D eigenvalue weighted by Crippen LogP contribution is 2.03. The average molecular weight is 143 g/mol. The summed E-state index contributed by atoms with van der Waals surface area (Å²) in [4.78, 5) is 11.0. The number of hydrogen-bond acceptors (Lipinski definition) is 1. The standard InChI is InChI=1S/C8H17NO/c1-4-6-7(3)8(10)9-5-2/h7H,4-6H2,1-3H3,(H,9,10). The first-order valence-electron chi connectivity index (χ1n) is 4.00. The van der Waals surface area contributed by atoms with Crippen molar-refractivity contribution in [2.75, 3.05) is 6.54 Å². The summed E-state index contributed by atoms with van der Waals surface area (Å²) in [5.41, 5.74) is 0. The molecule has 0 fully saturated rings. The average Bonchev–Trinajstić information content (AvgIpc) is 1.89. The van der Waals surface area contributed by atoms with Gasteiger partial charge < -0.3 is 5.32 Å². The molecule has 0 aliphatic rings. The van der Waals surface area contributed by atoms with Crippen LogP contribution < -0.4 is 5.32 Å². The van der Waals surface area contributed by atoms with E-state index in [0.717, 1.165) is 19.4 Å². The van der Waals surface area contributed by atoms with Crippen LogP contribution in [0.2, 0.25) is 0 Å². The zero-order valence-corrected chi connectivity index (χ0v) is 7.11. The molecule has 60 valence electrons. The Kier molecular flexibility index (Phi) is 4.99. The molecule has 0 bridgehead atoms. The largest absolute Gasteiger partial charge is 0.356 e. The van der Waals surface area contributed by atoms with Crippen LogP contribution in [0.3, 0.4) is 0 Å². The molecular weight excluding hydrogens is 126 g/mol. The fourth-order valence-corrected chi connectivity index (χ4v) is 0.913. The summed E-state index contributed by atoms with van der Waals surface area (Å²) < 4.78 is 0. The zero-order valence-electron chi connectivity index (χ0n) is 7.11. The monoisotopic (exact) mass is 143 g/mol. The number of nitrogens with one attached hydrogen (secondary N) is 1. The predicted molar refractivity (Wildman–Crippen MR) is 42.8 cm³/mol. The van der Waals surface area contributed by atoms with Gasteiger partial charge in [0, 0.05) is 12.5 Å². The molecule has 0 aromatic heterocycles. The molecule has 0 saturated heterocycles. The van der Waals surface area contributed by atoms with Crippen molar-refractivity contribution in [3.05, 3.63) is 0 Å². The van der Waals surface area contributed by atoms with Crippen molar-refractivity contribution >= 4 is 5.91 Å². The fraction of sp³-hybridized carbons (Fsp3) is 0.875. The van der Waals surface area contributed by atoms with Crippen LogP contribution >= 0.6 is 0 Å². The van der Waals surface area contributed by atoms with Gasteiger partial charge in [0.15, 0.2) is 0 Å². The Morgan fingerprint density at radius 1 is 1.50 bits per heavy atom. The Morgan fingerprint density at radius 2 is 2.10 bits per heavy atom. The molecule has 2 nitrogen and oxygen atoms in total. The van der Waals surface area contributed by atoms with E-state index in [1.807, 2.05) is 13.8 Å². The van der Waals surface area contributed by atoms with Crippen molar-refractivity contribution in [3.8, 4) is 0 Å². The molecule has 0 aromatic carbocycles. The van der Waals surface area contributed by atoms with Gasteiger partial charge >= 0.3 is 0 Å². The Labute approximate surface area is 63.0 Å². The summed E-state index contributed by atoms with van der Waals surface area (Å²) in [6.07, 6.45) is 2.07. The van der Waals surface area contributed by atoms with Gasteiger partial charge in [-0.25, -0.2) is 0 Å². The van der Waals surface area contributed by atoms with Gasteiger partial charge in [0.2, 0.25) is 5.91 Å². The maximum absolute atomic E-state index is 11.0. The van der Waals surface area contributed by atoms with E-state index in [4.69, 9.17) is 0 Å². The fourth-order valence-electron chi connectivity index (χ4n) is 0.913. The van der Waals surface area contributed by atoms with E-state index in [0.29, 0.717) is 0 Å². The van der Waals surface area contributed by atoms with Crippen LogP contribution in [0.5, 0.6) is 0 Å². The number of carbonyl (C=O) groups excluding carboxylic acids is 1. The van der Waals surface area contributed by atoms with Crippen LogP contribution in [0.4, 0.5) is 0 Å². The van der Waals surface area contributed by atoms with E-state index >= 15 is 0 Å². The number of amides is 1. The molecule has 10 heavy (non-hydrogen) atoms. The third-order valence-corrected chi connectivity index (χ3v) is 1.52. The first kappa shape index (κ1) is 9.47. The van der Waals surface area contributed by atoms with Gasteiger partial charge in [-0.15, -0.1) is 0 Å². The summed E-state index contributed by atoms with van der Waals surface area (Å²) in [6, 6.07) is 0. The highest BCUT2D eigenvalue weighted by molar-refractivity contribution is 5.78. The maximum Gasteiger partial charge on any atom is 0.222 e. The SMILES string of the molecule is CCCC(C)C(=O)NCC. The zero-order chi connectivity index (χ0) is 7.98. The minimum Gasteiger partial charge on any atom is -0.356 e. The van der Waals surface area contributed by atoms with Crippen LogP contribution in [-0.2, 0) is 4.79 Å². The molecular formula is C8H17NO. The Bertz CT molecular complexity index is 101. The van der Waals surface area contributed by atoms with Crippen LogP contribution in [0.1, 0.15) is 33.6 Å². The maximum atomic E-state index is 11.0. The number of carbonyl (C=O) groups is 1. The van der Waals surface area contributed by atoms with Crippen LogP contribution in [0.15, 0.2) is 0 Å². The minimum atomic E-state index is 0.185. The number of rotatable bonds is 4. The quantitative estimate of drug-likeness (QED) is 0.635. The summed E-state index contributed by atoms with van der Waals surface area (Å²) >= 11 is 0. The normalized spacial score (nSPS) is 12.7. The van der Waals surface area contributed by atoms with E-state index < -0.39 is 0 Å². The molecule has 1 unspecified atom stereocenters. The minimum absolute atomic E-state index is 0.185. The molecule has 0 spiro atoms. The van der Waals surface area contributed by atoms with Crippen molar-refractivity contribution in [2.24, 2.45) is 5.92 Å². The van der Waals surface area contributed by atoms with Crippen molar-refractivity contribution < 1.29 is 4.79 Å². The van der Waals surface area contributed by atoms with Gasteiger partial charge in [-0.3, -0.25) is 4.79 Å². The molecule has 0 aromatic rings. The van der Waals surface area contributed by atoms with Gasteiger partial charge in [-0.1, -0.05) is 20.3 Å². The first-order chi connectivity index (χ1) is 4.72. The molecule has 1 amide bonds. The molecule has 2 heteroatoms. The summed E-state index contributed by atoms with van der Waals surface area (Å²) in [6.45, 7) is 6.74. The van der Waals surface area contributed by atoms with Gasteiger partial charge in [0.1, 0.15) is 0 Å². The third-order valence-electron chi connectivity index (χ3n) is 1.52. The molecule has 0 aliphatic carbocycles.